The Morgan fingerprint density at radius 2 is 1.43 bits per heavy atom. The maximum absolute atomic E-state index is 4.57. The van der Waals surface area contributed by atoms with Gasteiger partial charge in [0.05, 0.1) is 12.2 Å². The van der Waals surface area contributed by atoms with Crippen LogP contribution in [0, 0.1) is 0 Å². The van der Waals surface area contributed by atoms with Gasteiger partial charge in [0.25, 0.3) is 0 Å². The summed E-state index contributed by atoms with van der Waals surface area (Å²) in [7, 11) is 0. The van der Waals surface area contributed by atoms with Gasteiger partial charge in [-0.05, 0) is 45.1 Å². The van der Waals surface area contributed by atoms with E-state index in [1.54, 1.807) is 12.4 Å². The maximum atomic E-state index is 4.57. The smallest absolute Gasteiger partial charge is 0.195 e. The van der Waals surface area contributed by atoms with Crippen LogP contribution in [0.4, 0.5) is 5.69 Å². The Labute approximate surface area is 161 Å². The summed E-state index contributed by atoms with van der Waals surface area (Å²) >= 11 is 0. The standard InChI is InChI=1S/C24H16N4/c1-2-5-18-15-20-19(14-17(18)4-1)9-8-16-6-3-7-21(22(16)20)28-13-12-27-24(28)23-25-10-11-26-23/h1-12,14-15H,13H2. The van der Waals surface area contributed by atoms with E-state index >= 15 is 0 Å². The number of hydrogen-bond acceptors (Lipinski definition) is 4. The summed E-state index contributed by atoms with van der Waals surface area (Å²) in [6.07, 6.45) is 5.34. The zero-order valence-corrected chi connectivity index (χ0v) is 15.1. The molecule has 0 spiro atoms. The van der Waals surface area contributed by atoms with Gasteiger partial charge in [-0.1, -0.05) is 48.5 Å². The SMILES string of the molecule is C1=NC(=C2N=CCN2c2cccc3ccc4cc5ccccc5cc4c23)N=C1. The van der Waals surface area contributed by atoms with Crippen molar-refractivity contribution in [2.45, 2.75) is 0 Å². The maximum Gasteiger partial charge on any atom is 0.195 e. The first-order valence-corrected chi connectivity index (χ1v) is 9.34. The van der Waals surface area contributed by atoms with E-state index in [-0.39, 0.29) is 0 Å². The first-order valence-electron chi connectivity index (χ1n) is 9.34. The Hall–Kier alpha value is -3.79. The minimum Gasteiger partial charge on any atom is -0.317 e. The second-order valence-corrected chi connectivity index (χ2v) is 6.99. The van der Waals surface area contributed by atoms with Crippen molar-refractivity contribution in [3.8, 4) is 0 Å². The van der Waals surface area contributed by atoms with Gasteiger partial charge in [-0.3, -0.25) is 0 Å². The molecule has 4 aromatic carbocycles. The highest BCUT2D eigenvalue weighted by Gasteiger charge is 2.22. The summed E-state index contributed by atoms with van der Waals surface area (Å²) in [5, 5.41) is 7.45. The fraction of sp³-hybridized carbons (Fsp3) is 0.0417. The van der Waals surface area contributed by atoms with Crippen molar-refractivity contribution in [3.05, 3.63) is 78.4 Å². The van der Waals surface area contributed by atoms with Crippen molar-refractivity contribution < 1.29 is 0 Å². The predicted octanol–water partition coefficient (Wildman–Crippen LogP) is 5.32. The molecule has 4 aromatic rings. The lowest BCUT2D eigenvalue weighted by Crippen LogP contribution is -2.19. The number of nitrogens with zero attached hydrogens (tertiary/aromatic N) is 4. The quantitative estimate of drug-likeness (QED) is 0.334. The predicted molar refractivity (Wildman–Crippen MR) is 119 cm³/mol. The highest BCUT2D eigenvalue weighted by Crippen LogP contribution is 2.38. The van der Waals surface area contributed by atoms with Gasteiger partial charge in [-0.15, -0.1) is 0 Å². The average Bonchev–Trinajstić information content (AvgIpc) is 3.43. The van der Waals surface area contributed by atoms with E-state index in [0.29, 0.717) is 12.4 Å². The summed E-state index contributed by atoms with van der Waals surface area (Å²) in [6, 6.07) is 23.9. The zero-order valence-electron chi connectivity index (χ0n) is 15.1. The molecule has 28 heavy (non-hydrogen) atoms. The molecule has 132 valence electrons. The summed E-state index contributed by atoms with van der Waals surface area (Å²) in [5.74, 6) is 1.46. The van der Waals surface area contributed by atoms with Gasteiger partial charge in [0.1, 0.15) is 0 Å². The molecule has 0 radical (unpaired) electrons. The molecule has 2 aliphatic rings. The Bertz CT molecular complexity index is 1380. The largest absolute Gasteiger partial charge is 0.317 e. The van der Waals surface area contributed by atoms with Gasteiger partial charge >= 0.3 is 0 Å². The third kappa shape index (κ3) is 2.21. The summed E-state index contributed by atoms with van der Waals surface area (Å²) in [4.78, 5) is 15.5. The fourth-order valence-electron chi connectivity index (χ4n) is 4.12. The molecule has 0 saturated heterocycles. The van der Waals surface area contributed by atoms with E-state index in [1.165, 1.54) is 32.3 Å². The van der Waals surface area contributed by atoms with Crippen LogP contribution in [-0.4, -0.2) is 25.2 Å². The number of fused-ring (bicyclic) bond motifs is 4. The Balaban J connectivity index is 1.68. The zero-order chi connectivity index (χ0) is 18.5. The van der Waals surface area contributed by atoms with Crippen molar-refractivity contribution in [3.63, 3.8) is 0 Å². The average molecular weight is 360 g/mol. The van der Waals surface area contributed by atoms with Crippen molar-refractivity contribution in [2.24, 2.45) is 15.0 Å². The number of hydrogen-bond donors (Lipinski definition) is 0. The molecule has 0 fully saturated rings. The minimum absolute atomic E-state index is 0.663. The van der Waals surface area contributed by atoms with Gasteiger partial charge in [0, 0.05) is 24.0 Å². The van der Waals surface area contributed by atoms with Gasteiger partial charge in [0.15, 0.2) is 11.6 Å². The monoisotopic (exact) mass is 360 g/mol. The molecular weight excluding hydrogens is 344 g/mol. The van der Waals surface area contributed by atoms with E-state index in [4.69, 9.17) is 0 Å². The van der Waals surface area contributed by atoms with Crippen LogP contribution in [0.25, 0.3) is 32.3 Å². The first kappa shape index (κ1) is 15.3. The molecule has 0 atom stereocenters. The molecular formula is C24H16N4. The molecule has 2 heterocycles. The molecule has 0 saturated carbocycles. The topological polar surface area (TPSA) is 40.3 Å². The van der Waals surface area contributed by atoms with Crippen LogP contribution in [0.15, 0.2) is 93.3 Å². The van der Waals surface area contributed by atoms with E-state index in [0.717, 1.165) is 11.5 Å². The number of aliphatic imine (C=N–C) groups is 3. The van der Waals surface area contributed by atoms with Crippen LogP contribution < -0.4 is 4.90 Å². The van der Waals surface area contributed by atoms with Crippen LogP contribution in [-0.2, 0) is 0 Å². The molecule has 0 aromatic heterocycles. The van der Waals surface area contributed by atoms with E-state index in [9.17, 15) is 0 Å². The molecule has 2 aliphatic heterocycles. The molecule has 0 amide bonds. The Kier molecular flexibility index (Phi) is 3.20. The number of rotatable bonds is 1. The van der Waals surface area contributed by atoms with Crippen molar-refractivity contribution in [2.75, 3.05) is 11.4 Å². The van der Waals surface area contributed by atoms with Crippen LogP contribution in [0.1, 0.15) is 0 Å². The first-order chi connectivity index (χ1) is 13.9. The fourth-order valence-corrected chi connectivity index (χ4v) is 4.12. The van der Waals surface area contributed by atoms with Gasteiger partial charge in [-0.2, -0.15) is 0 Å². The lowest BCUT2D eigenvalue weighted by Gasteiger charge is -2.22. The normalized spacial score (nSPS) is 15.8. The minimum atomic E-state index is 0.663. The lowest BCUT2D eigenvalue weighted by atomic mass is 9.97. The summed E-state index contributed by atoms with van der Waals surface area (Å²) < 4.78 is 0. The van der Waals surface area contributed by atoms with Gasteiger partial charge < -0.3 is 4.90 Å². The Morgan fingerprint density at radius 3 is 2.29 bits per heavy atom. The number of benzene rings is 4. The van der Waals surface area contributed by atoms with E-state index in [2.05, 4.69) is 86.6 Å². The van der Waals surface area contributed by atoms with Crippen LogP contribution in [0.5, 0.6) is 0 Å². The third-order valence-electron chi connectivity index (χ3n) is 5.39. The van der Waals surface area contributed by atoms with E-state index < -0.39 is 0 Å². The highest BCUT2D eigenvalue weighted by atomic mass is 15.3. The van der Waals surface area contributed by atoms with E-state index in [1.807, 2.05) is 6.21 Å². The van der Waals surface area contributed by atoms with Gasteiger partial charge in [-0.25, -0.2) is 15.0 Å². The lowest BCUT2D eigenvalue weighted by molar-refractivity contribution is 1.03. The third-order valence-corrected chi connectivity index (χ3v) is 5.39. The Morgan fingerprint density at radius 1 is 0.679 bits per heavy atom. The highest BCUT2D eigenvalue weighted by molar-refractivity contribution is 6.19. The second-order valence-electron chi connectivity index (χ2n) is 6.99. The second kappa shape index (κ2) is 5.86. The molecule has 0 unspecified atom stereocenters. The molecule has 0 bridgehead atoms. The van der Waals surface area contributed by atoms with Crippen LogP contribution in [0.2, 0.25) is 0 Å². The van der Waals surface area contributed by atoms with Crippen molar-refractivity contribution in [1.29, 1.82) is 0 Å². The molecule has 0 N–H and O–H groups in total. The van der Waals surface area contributed by atoms with Crippen molar-refractivity contribution >= 4 is 56.6 Å². The number of anilines is 1. The molecule has 4 nitrogen and oxygen atoms in total. The molecule has 6 rings (SSSR count). The van der Waals surface area contributed by atoms with Gasteiger partial charge in [0.2, 0.25) is 0 Å². The van der Waals surface area contributed by atoms with Crippen LogP contribution in [0.3, 0.4) is 0 Å². The molecule has 4 heteroatoms. The van der Waals surface area contributed by atoms with Crippen molar-refractivity contribution in [1.82, 2.24) is 0 Å². The summed E-state index contributed by atoms with van der Waals surface area (Å²) in [5.41, 5.74) is 1.13. The van der Waals surface area contributed by atoms with Crippen LogP contribution >= 0.6 is 0 Å². The molecule has 0 aliphatic carbocycles. The summed E-state index contributed by atoms with van der Waals surface area (Å²) in [6.45, 7) is 0.715.